The summed E-state index contributed by atoms with van der Waals surface area (Å²) >= 11 is 0. The van der Waals surface area contributed by atoms with Crippen molar-refractivity contribution in [3.8, 4) is 5.82 Å². The van der Waals surface area contributed by atoms with Gasteiger partial charge in [-0.1, -0.05) is 0 Å². The average molecular weight is 251 g/mol. The number of carboxylic acids is 1. The summed E-state index contributed by atoms with van der Waals surface area (Å²) in [5.74, 6) is -1.21. The van der Waals surface area contributed by atoms with Crippen LogP contribution < -0.4 is 0 Å². The highest BCUT2D eigenvalue weighted by Gasteiger charge is 2.22. The molecule has 1 N–H and O–H groups in total. The van der Waals surface area contributed by atoms with E-state index in [0.717, 1.165) is 4.68 Å². The summed E-state index contributed by atoms with van der Waals surface area (Å²) in [6, 6.07) is 1.25. The number of hydrogen-bond acceptors (Lipinski definition) is 5. The topological polar surface area (TPSA) is 116 Å². The van der Waals surface area contributed by atoms with Gasteiger partial charge in [0.05, 0.1) is 4.92 Å². The van der Waals surface area contributed by atoms with Crippen molar-refractivity contribution in [2.75, 3.05) is 0 Å². The lowest BCUT2D eigenvalue weighted by atomic mass is 10.4. The molecule has 94 valence electrons. The molecule has 9 heteroatoms. The molecule has 2 heterocycles. The fourth-order valence-corrected chi connectivity index (χ4v) is 1.41. The quantitative estimate of drug-likeness (QED) is 0.631. The molecule has 0 saturated carbocycles. The van der Waals surface area contributed by atoms with Gasteiger partial charge in [0.25, 0.3) is 5.82 Å². The molecule has 2 aromatic heterocycles. The van der Waals surface area contributed by atoms with Crippen LogP contribution in [0.25, 0.3) is 5.82 Å². The smallest absolute Gasteiger partial charge is 0.356 e. The number of rotatable bonds is 4. The molecule has 0 aliphatic rings. The van der Waals surface area contributed by atoms with Gasteiger partial charge in [-0.2, -0.15) is 5.10 Å². The zero-order valence-electron chi connectivity index (χ0n) is 9.35. The van der Waals surface area contributed by atoms with Crippen LogP contribution in [0.5, 0.6) is 0 Å². The zero-order valence-corrected chi connectivity index (χ0v) is 9.35. The Balaban J connectivity index is 2.51. The first-order valence-electron chi connectivity index (χ1n) is 5.04. The van der Waals surface area contributed by atoms with E-state index < -0.39 is 10.9 Å². The Labute approximate surface area is 100 Å². The molecule has 0 fully saturated rings. The van der Waals surface area contributed by atoms with E-state index in [1.807, 2.05) is 0 Å². The molecule has 0 bridgehead atoms. The minimum absolute atomic E-state index is 0.00523. The number of carbonyl (C=O) groups is 1. The Hall–Kier alpha value is -2.71. The maximum atomic E-state index is 10.9. The Morgan fingerprint density at radius 1 is 1.56 bits per heavy atom. The summed E-state index contributed by atoms with van der Waals surface area (Å²) in [6.45, 7) is 2.25. The van der Waals surface area contributed by atoms with Crippen LogP contribution in [0.4, 0.5) is 5.69 Å². The van der Waals surface area contributed by atoms with E-state index in [1.54, 1.807) is 6.92 Å². The second-order valence-corrected chi connectivity index (χ2v) is 3.40. The number of aromatic carboxylic acids is 1. The molecule has 0 aliphatic carbocycles. The number of aryl methyl sites for hydroxylation is 1. The van der Waals surface area contributed by atoms with Gasteiger partial charge in [0.2, 0.25) is 0 Å². The lowest BCUT2D eigenvalue weighted by Crippen LogP contribution is -2.04. The number of nitrogens with zero attached hydrogens (tertiary/aromatic N) is 5. The molecule has 0 saturated heterocycles. The molecule has 0 spiro atoms. The summed E-state index contributed by atoms with van der Waals surface area (Å²) in [5.41, 5.74) is -0.424. The molecule has 0 unspecified atom stereocenters. The molecule has 9 nitrogen and oxygen atoms in total. The lowest BCUT2D eigenvalue weighted by Gasteiger charge is -1.95. The Morgan fingerprint density at radius 3 is 2.78 bits per heavy atom. The second-order valence-electron chi connectivity index (χ2n) is 3.40. The van der Waals surface area contributed by atoms with Crippen LogP contribution in [-0.4, -0.2) is 35.6 Å². The van der Waals surface area contributed by atoms with Crippen molar-refractivity contribution in [2.45, 2.75) is 13.5 Å². The molecule has 0 aromatic carbocycles. The molecule has 18 heavy (non-hydrogen) atoms. The Kier molecular flexibility index (Phi) is 2.80. The van der Waals surface area contributed by atoms with Crippen molar-refractivity contribution in [2.24, 2.45) is 0 Å². The number of nitro groups is 1. The van der Waals surface area contributed by atoms with Crippen LogP contribution in [0.2, 0.25) is 0 Å². The highest BCUT2D eigenvalue weighted by Crippen LogP contribution is 2.20. The standard InChI is InChI=1S/C9H9N5O4/c1-2-12-5-7(14(17)18)8(11-12)13-4-3-6(10-13)9(15)16/h3-5H,2H2,1H3,(H,15,16). The van der Waals surface area contributed by atoms with E-state index in [2.05, 4.69) is 10.2 Å². The molecule has 2 rings (SSSR count). The van der Waals surface area contributed by atoms with E-state index in [-0.39, 0.29) is 17.2 Å². The van der Waals surface area contributed by atoms with Crippen molar-refractivity contribution >= 4 is 11.7 Å². The number of carboxylic acid groups (broad SMARTS) is 1. The van der Waals surface area contributed by atoms with Crippen molar-refractivity contribution < 1.29 is 14.8 Å². The minimum atomic E-state index is -1.20. The third-order valence-corrected chi connectivity index (χ3v) is 2.27. The predicted molar refractivity (Wildman–Crippen MR) is 58.6 cm³/mol. The molecule has 0 radical (unpaired) electrons. The molecule has 2 aromatic rings. The van der Waals surface area contributed by atoms with Gasteiger partial charge in [0.1, 0.15) is 6.20 Å². The van der Waals surface area contributed by atoms with Gasteiger partial charge in [-0.15, -0.1) is 5.10 Å². The van der Waals surface area contributed by atoms with Crippen molar-refractivity contribution in [1.82, 2.24) is 19.6 Å². The summed E-state index contributed by atoms with van der Waals surface area (Å²) in [5, 5.41) is 27.3. The maximum absolute atomic E-state index is 10.9. The molecular weight excluding hydrogens is 242 g/mol. The van der Waals surface area contributed by atoms with Crippen LogP contribution in [0.15, 0.2) is 18.5 Å². The van der Waals surface area contributed by atoms with Crippen LogP contribution in [0.3, 0.4) is 0 Å². The van der Waals surface area contributed by atoms with Gasteiger partial charge >= 0.3 is 11.7 Å². The second kappa shape index (κ2) is 4.28. The molecular formula is C9H9N5O4. The largest absolute Gasteiger partial charge is 0.476 e. The van der Waals surface area contributed by atoms with Gasteiger partial charge < -0.3 is 5.11 Å². The van der Waals surface area contributed by atoms with Crippen LogP contribution in [-0.2, 0) is 6.54 Å². The van der Waals surface area contributed by atoms with Gasteiger partial charge in [0.15, 0.2) is 5.69 Å². The third kappa shape index (κ3) is 1.93. The minimum Gasteiger partial charge on any atom is -0.476 e. The van der Waals surface area contributed by atoms with Gasteiger partial charge in [0, 0.05) is 12.7 Å². The summed E-state index contributed by atoms with van der Waals surface area (Å²) in [4.78, 5) is 21.0. The fraction of sp³-hybridized carbons (Fsp3) is 0.222. The van der Waals surface area contributed by atoms with Gasteiger partial charge in [-0.3, -0.25) is 14.8 Å². The lowest BCUT2D eigenvalue weighted by molar-refractivity contribution is -0.384. The number of hydrogen-bond donors (Lipinski definition) is 1. The fourth-order valence-electron chi connectivity index (χ4n) is 1.41. The average Bonchev–Trinajstić information content (AvgIpc) is 2.95. The van der Waals surface area contributed by atoms with Gasteiger partial charge in [-0.05, 0) is 13.0 Å². The first-order valence-corrected chi connectivity index (χ1v) is 5.04. The van der Waals surface area contributed by atoms with Crippen molar-refractivity contribution in [3.05, 3.63) is 34.3 Å². The SMILES string of the molecule is CCn1cc([N+](=O)[O-])c(-n2ccc(C(=O)O)n2)n1. The first-order chi connectivity index (χ1) is 8.52. The van der Waals surface area contributed by atoms with Crippen LogP contribution in [0, 0.1) is 10.1 Å². The van der Waals surface area contributed by atoms with E-state index >= 15 is 0 Å². The molecule has 0 atom stereocenters. The van der Waals surface area contributed by atoms with Crippen LogP contribution in [0.1, 0.15) is 17.4 Å². The number of aromatic nitrogens is 4. The Morgan fingerprint density at radius 2 is 2.28 bits per heavy atom. The first kappa shape index (κ1) is 11.8. The van der Waals surface area contributed by atoms with Crippen molar-refractivity contribution in [1.29, 1.82) is 0 Å². The monoisotopic (exact) mass is 251 g/mol. The molecule has 0 aliphatic heterocycles. The highest BCUT2D eigenvalue weighted by atomic mass is 16.6. The summed E-state index contributed by atoms with van der Waals surface area (Å²) < 4.78 is 2.46. The van der Waals surface area contributed by atoms with Crippen molar-refractivity contribution in [3.63, 3.8) is 0 Å². The van der Waals surface area contributed by atoms with E-state index in [1.165, 1.54) is 23.1 Å². The predicted octanol–water partition coefficient (Wildman–Crippen LogP) is 0.695. The van der Waals surface area contributed by atoms with E-state index in [4.69, 9.17) is 5.11 Å². The maximum Gasteiger partial charge on any atom is 0.356 e. The van der Waals surface area contributed by atoms with E-state index in [0.29, 0.717) is 6.54 Å². The highest BCUT2D eigenvalue weighted by molar-refractivity contribution is 5.85. The summed E-state index contributed by atoms with van der Waals surface area (Å²) in [6.07, 6.45) is 2.59. The summed E-state index contributed by atoms with van der Waals surface area (Å²) in [7, 11) is 0. The third-order valence-electron chi connectivity index (χ3n) is 2.27. The normalized spacial score (nSPS) is 10.5. The van der Waals surface area contributed by atoms with Gasteiger partial charge in [-0.25, -0.2) is 9.48 Å². The van der Waals surface area contributed by atoms with E-state index in [9.17, 15) is 14.9 Å². The Bertz CT molecular complexity index is 614. The zero-order chi connectivity index (χ0) is 13.3. The van der Waals surface area contributed by atoms with Crippen LogP contribution >= 0.6 is 0 Å². The molecule has 0 amide bonds.